The van der Waals surface area contributed by atoms with Crippen LogP contribution in [0, 0.1) is 25.2 Å². The quantitative estimate of drug-likeness (QED) is 0.913. The van der Waals surface area contributed by atoms with Gasteiger partial charge >= 0.3 is 0 Å². The second-order valence-corrected chi connectivity index (χ2v) is 6.04. The molecular formula is C13H14N4O2S. The molecule has 6 nitrogen and oxygen atoms in total. The Morgan fingerprint density at radius 3 is 2.40 bits per heavy atom. The minimum atomic E-state index is -4.01. The monoisotopic (exact) mass is 290 g/mol. The molecule has 0 aliphatic carbocycles. The van der Waals surface area contributed by atoms with E-state index in [1.807, 2.05) is 37.3 Å². The molecule has 2 rings (SSSR count). The van der Waals surface area contributed by atoms with E-state index in [4.69, 9.17) is 10.4 Å². The number of aryl methyl sites for hydroxylation is 2. The number of benzene rings is 1. The second-order valence-electron chi connectivity index (χ2n) is 4.57. The molecule has 0 unspecified atom stereocenters. The maximum atomic E-state index is 11.7. The number of primary sulfonamides is 1. The first-order valence-electron chi connectivity index (χ1n) is 5.89. The van der Waals surface area contributed by atoms with Gasteiger partial charge in [-0.2, -0.15) is 10.4 Å². The van der Waals surface area contributed by atoms with Gasteiger partial charge in [0.25, 0.3) is 10.0 Å². The summed E-state index contributed by atoms with van der Waals surface area (Å²) in [6, 6.07) is 9.45. The fourth-order valence-electron chi connectivity index (χ4n) is 1.95. The number of hydrogen-bond donors (Lipinski definition) is 1. The molecule has 0 amide bonds. The topological polar surface area (TPSA) is 102 Å². The number of aromatic nitrogens is 2. The first kappa shape index (κ1) is 14.2. The fourth-order valence-corrected chi connectivity index (χ4v) is 2.83. The van der Waals surface area contributed by atoms with Crippen molar-refractivity contribution in [3.05, 3.63) is 46.6 Å². The van der Waals surface area contributed by atoms with Crippen LogP contribution in [0.1, 0.15) is 22.4 Å². The summed E-state index contributed by atoms with van der Waals surface area (Å²) in [5, 5.41) is 18.1. The molecule has 0 fully saturated rings. The molecule has 2 N–H and O–H groups in total. The zero-order chi connectivity index (χ0) is 14.9. The Bertz CT molecular complexity index is 783. The summed E-state index contributed by atoms with van der Waals surface area (Å²) in [5.74, 6) is 0. The highest BCUT2D eigenvalue weighted by Crippen LogP contribution is 2.18. The van der Waals surface area contributed by atoms with Gasteiger partial charge in [0.2, 0.25) is 0 Å². The summed E-state index contributed by atoms with van der Waals surface area (Å²) in [6.07, 6.45) is 0. The van der Waals surface area contributed by atoms with E-state index in [0.717, 1.165) is 11.1 Å². The van der Waals surface area contributed by atoms with Gasteiger partial charge in [-0.15, -0.1) is 0 Å². The molecule has 0 aliphatic heterocycles. The largest absolute Gasteiger partial charge is 0.256 e. The Balaban J connectivity index is 2.53. The average molecular weight is 290 g/mol. The van der Waals surface area contributed by atoms with Gasteiger partial charge in [0.15, 0.2) is 5.03 Å². The van der Waals surface area contributed by atoms with Crippen LogP contribution in [0.15, 0.2) is 29.3 Å². The maximum absolute atomic E-state index is 11.7. The third kappa shape index (κ3) is 2.71. The van der Waals surface area contributed by atoms with Crippen LogP contribution in [0.5, 0.6) is 0 Å². The van der Waals surface area contributed by atoms with E-state index in [2.05, 4.69) is 5.10 Å². The third-order valence-electron chi connectivity index (χ3n) is 2.92. The summed E-state index contributed by atoms with van der Waals surface area (Å²) in [6.45, 7) is 3.79. The number of nitrogens with zero attached hydrogens (tertiary/aromatic N) is 3. The molecule has 0 saturated carbocycles. The number of sulfonamides is 1. The van der Waals surface area contributed by atoms with Crippen molar-refractivity contribution in [2.75, 3.05) is 0 Å². The van der Waals surface area contributed by atoms with Crippen molar-refractivity contribution in [1.29, 1.82) is 5.26 Å². The van der Waals surface area contributed by atoms with Gasteiger partial charge in [-0.3, -0.25) is 0 Å². The lowest BCUT2D eigenvalue weighted by Gasteiger charge is -2.06. The summed E-state index contributed by atoms with van der Waals surface area (Å²) in [5.41, 5.74) is 2.34. The number of nitrogens with two attached hydrogens (primary N) is 1. The zero-order valence-corrected chi connectivity index (χ0v) is 12.0. The van der Waals surface area contributed by atoms with E-state index in [1.165, 1.54) is 4.68 Å². The molecule has 0 saturated heterocycles. The average Bonchev–Trinajstić information content (AvgIpc) is 2.67. The standard InChI is InChI=1S/C13H14N4O2S/c1-9-3-5-11(6-4-9)8-17-13(20(15,18)19)12(7-14)10(2)16-17/h3-6H,8H2,1-2H3,(H2,15,18,19). The minimum absolute atomic E-state index is 0.000360. The highest BCUT2D eigenvalue weighted by Gasteiger charge is 2.24. The summed E-state index contributed by atoms with van der Waals surface area (Å²) >= 11 is 0. The zero-order valence-electron chi connectivity index (χ0n) is 11.2. The van der Waals surface area contributed by atoms with E-state index in [0.29, 0.717) is 5.69 Å². The van der Waals surface area contributed by atoms with E-state index in [-0.39, 0.29) is 17.1 Å². The lowest BCUT2D eigenvalue weighted by Crippen LogP contribution is -2.19. The Morgan fingerprint density at radius 1 is 1.30 bits per heavy atom. The van der Waals surface area contributed by atoms with Crippen LogP contribution in [-0.4, -0.2) is 18.2 Å². The molecule has 0 spiro atoms. The molecule has 1 aromatic carbocycles. The van der Waals surface area contributed by atoms with Crippen LogP contribution < -0.4 is 5.14 Å². The Labute approximate surface area is 117 Å². The van der Waals surface area contributed by atoms with Gasteiger partial charge in [0.1, 0.15) is 11.6 Å². The molecule has 20 heavy (non-hydrogen) atoms. The SMILES string of the molecule is Cc1ccc(Cn2nc(C)c(C#N)c2S(N)(=O)=O)cc1. The maximum Gasteiger partial charge on any atom is 0.256 e. The third-order valence-corrected chi connectivity index (χ3v) is 3.87. The second kappa shape index (κ2) is 5.07. The minimum Gasteiger partial charge on any atom is -0.247 e. The van der Waals surface area contributed by atoms with Crippen LogP contribution >= 0.6 is 0 Å². The summed E-state index contributed by atoms with van der Waals surface area (Å²) < 4.78 is 24.6. The molecule has 1 heterocycles. The molecule has 0 atom stereocenters. The molecule has 0 bridgehead atoms. The normalized spacial score (nSPS) is 11.3. The summed E-state index contributed by atoms with van der Waals surface area (Å²) in [4.78, 5) is 0. The smallest absolute Gasteiger partial charge is 0.247 e. The fraction of sp³-hybridized carbons (Fsp3) is 0.231. The van der Waals surface area contributed by atoms with Gasteiger partial charge in [-0.25, -0.2) is 18.2 Å². The van der Waals surface area contributed by atoms with E-state index in [1.54, 1.807) is 6.92 Å². The van der Waals surface area contributed by atoms with Crippen molar-refractivity contribution in [3.8, 4) is 6.07 Å². The predicted molar refractivity (Wildman–Crippen MR) is 73.3 cm³/mol. The van der Waals surface area contributed by atoms with Gasteiger partial charge in [0.05, 0.1) is 12.2 Å². The Hall–Kier alpha value is -2.17. The van der Waals surface area contributed by atoms with Crippen molar-refractivity contribution in [2.24, 2.45) is 5.14 Å². The van der Waals surface area contributed by atoms with Crippen LogP contribution in [-0.2, 0) is 16.6 Å². The number of hydrogen-bond acceptors (Lipinski definition) is 4. The molecule has 1 aromatic heterocycles. The lowest BCUT2D eigenvalue weighted by molar-refractivity contribution is 0.563. The Morgan fingerprint density at radius 2 is 1.90 bits per heavy atom. The van der Waals surface area contributed by atoms with Crippen LogP contribution in [0.3, 0.4) is 0 Å². The van der Waals surface area contributed by atoms with Crippen LogP contribution in [0.2, 0.25) is 0 Å². The van der Waals surface area contributed by atoms with Crippen molar-refractivity contribution in [1.82, 2.24) is 9.78 Å². The van der Waals surface area contributed by atoms with Gasteiger partial charge in [0, 0.05) is 0 Å². The van der Waals surface area contributed by atoms with Crippen LogP contribution in [0.4, 0.5) is 0 Å². The van der Waals surface area contributed by atoms with Crippen LogP contribution in [0.25, 0.3) is 0 Å². The predicted octanol–water partition coefficient (Wildman–Crippen LogP) is 1.07. The molecule has 0 aliphatic rings. The molecular weight excluding hydrogens is 276 g/mol. The van der Waals surface area contributed by atoms with Crippen molar-refractivity contribution >= 4 is 10.0 Å². The Kier molecular flexibility index (Phi) is 3.61. The van der Waals surface area contributed by atoms with E-state index >= 15 is 0 Å². The first-order chi connectivity index (χ1) is 9.32. The van der Waals surface area contributed by atoms with Crippen molar-refractivity contribution in [2.45, 2.75) is 25.4 Å². The molecule has 0 radical (unpaired) electrons. The van der Waals surface area contributed by atoms with Gasteiger partial charge in [-0.1, -0.05) is 29.8 Å². The molecule has 104 valence electrons. The van der Waals surface area contributed by atoms with Crippen molar-refractivity contribution < 1.29 is 8.42 Å². The van der Waals surface area contributed by atoms with E-state index < -0.39 is 10.0 Å². The van der Waals surface area contributed by atoms with Gasteiger partial charge in [-0.05, 0) is 19.4 Å². The molecule has 7 heteroatoms. The number of rotatable bonds is 3. The molecule has 2 aromatic rings. The lowest BCUT2D eigenvalue weighted by atomic mass is 10.1. The van der Waals surface area contributed by atoms with E-state index in [9.17, 15) is 8.42 Å². The highest BCUT2D eigenvalue weighted by molar-refractivity contribution is 7.89. The highest BCUT2D eigenvalue weighted by atomic mass is 32.2. The first-order valence-corrected chi connectivity index (χ1v) is 7.43. The summed E-state index contributed by atoms with van der Waals surface area (Å²) in [7, 11) is -4.01. The van der Waals surface area contributed by atoms with Crippen molar-refractivity contribution in [3.63, 3.8) is 0 Å². The van der Waals surface area contributed by atoms with Gasteiger partial charge < -0.3 is 0 Å². The number of nitriles is 1.